The Morgan fingerprint density at radius 2 is 1.78 bits per heavy atom. The van der Waals surface area contributed by atoms with E-state index in [4.69, 9.17) is 0 Å². The molecule has 0 saturated carbocycles. The van der Waals surface area contributed by atoms with Gasteiger partial charge in [-0.2, -0.15) is 0 Å². The summed E-state index contributed by atoms with van der Waals surface area (Å²) in [5.41, 5.74) is 5.13. The van der Waals surface area contributed by atoms with Gasteiger partial charge in [-0.3, -0.25) is 0 Å². The molecule has 2 nitrogen and oxygen atoms in total. The smallest absolute Gasteiger partial charge is 0.0456 e. The van der Waals surface area contributed by atoms with Crippen molar-refractivity contribution in [3.05, 3.63) is 84.2 Å². The van der Waals surface area contributed by atoms with E-state index in [1.165, 1.54) is 27.7 Å². The third kappa shape index (κ3) is 3.65. The summed E-state index contributed by atoms with van der Waals surface area (Å²) >= 11 is 0. The van der Waals surface area contributed by atoms with Gasteiger partial charge in [-0.15, -0.1) is 0 Å². The second kappa shape index (κ2) is 7.19. The first-order valence-corrected chi connectivity index (χ1v) is 8.29. The van der Waals surface area contributed by atoms with Crippen molar-refractivity contribution in [2.75, 3.05) is 6.54 Å². The molecule has 118 valence electrons. The molecule has 0 amide bonds. The number of hydrogen-bond acceptors (Lipinski definition) is 1. The molecule has 0 bridgehead atoms. The number of H-pyrrole nitrogens is 1. The van der Waals surface area contributed by atoms with Crippen LogP contribution in [0.3, 0.4) is 0 Å². The van der Waals surface area contributed by atoms with Crippen LogP contribution < -0.4 is 0 Å². The maximum absolute atomic E-state index is 4.25. The lowest BCUT2D eigenvalue weighted by atomic mass is 10.1. The lowest BCUT2D eigenvalue weighted by Gasteiger charge is -2.26. The third-order valence-corrected chi connectivity index (χ3v) is 4.40. The maximum Gasteiger partial charge on any atom is 0.0456 e. The van der Waals surface area contributed by atoms with E-state index in [9.17, 15) is 0 Å². The first-order valence-electron chi connectivity index (χ1n) is 8.29. The monoisotopic (exact) mass is 304 g/mol. The minimum atomic E-state index is 0.926. The SMILES string of the molecule is C=C(CC)N(CCc1c[nH]c2ccccc12)Cc1ccccc1. The number of hydrogen-bond donors (Lipinski definition) is 1. The maximum atomic E-state index is 4.25. The van der Waals surface area contributed by atoms with Gasteiger partial charge in [-0.05, 0) is 30.0 Å². The minimum Gasteiger partial charge on any atom is -0.371 e. The molecular formula is C21H24N2. The van der Waals surface area contributed by atoms with E-state index < -0.39 is 0 Å². The van der Waals surface area contributed by atoms with Gasteiger partial charge in [0.1, 0.15) is 0 Å². The Morgan fingerprint density at radius 1 is 1.04 bits per heavy atom. The lowest BCUT2D eigenvalue weighted by Crippen LogP contribution is -2.24. The van der Waals surface area contributed by atoms with Crippen LogP contribution >= 0.6 is 0 Å². The van der Waals surface area contributed by atoms with Crippen LogP contribution in [-0.4, -0.2) is 16.4 Å². The number of para-hydroxylation sites is 1. The van der Waals surface area contributed by atoms with Crippen molar-refractivity contribution in [3.8, 4) is 0 Å². The van der Waals surface area contributed by atoms with Crippen LogP contribution in [0.5, 0.6) is 0 Å². The van der Waals surface area contributed by atoms with E-state index in [-0.39, 0.29) is 0 Å². The molecule has 0 aliphatic carbocycles. The molecule has 0 aliphatic rings. The summed E-state index contributed by atoms with van der Waals surface area (Å²) in [5.74, 6) is 0. The number of aromatic amines is 1. The molecule has 23 heavy (non-hydrogen) atoms. The zero-order chi connectivity index (χ0) is 16.1. The molecule has 3 rings (SSSR count). The zero-order valence-corrected chi connectivity index (χ0v) is 13.8. The van der Waals surface area contributed by atoms with Gasteiger partial charge in [0.15, 0.2) is 0 Å². The molecule has 0 unspecified atom stereocenters. The van der Waals surface area contributed by atoms with E-state index in [1.54, 1.807) is 0 Å². The molecule has 0 saturated heterocycles. The number of nitrogens with zero attached hydrogens (tertiary/aromatic N) is 1. The molecule has 0 fully saturated rings. The molecular weight excluding hydrogens is 280 g/mol. The van der Waals surface area contributed by atoms with Crippen molar-refractivity contribution in [2.24, 2.45) is 0 Å². The zero-order valence-electron chi connectivity index (χ0n) is 13.8. The van der Waals surface area contributed by atoms with Gasteiger partial charge in [0.25, 0.3) is 0 Å². The van der Waals surface area contributed by atoms with Crippen LogP contribution in [0.25, 0.3) is 10.9 Å². The topological polar surface area (TPSA) is 19.0 Å². The number of rotatable bonds is 7. The summed E-state index contributed by atoms with van der Waals surface area (Å²) in [5, 5.41) is 1.33. The van der Waals surface area contributed by atoms with Gasteiger partial charge in [0.2, 0.25) is 0 Å². The molecule has 0 radical (unpaired) electrons. The number of benzene rings is 2. The fourth-order valence-corrected chi connectivity index (χ4v) is 2.97. The van der Waals surface area contributed by atoms with E-state index in [1.807, 2.05) is 0 Å². The number of nitrogens with one attached hydrogen (secondary N) is 1. The molecule has 0 spiro atoms. The van der Waals surface area contributed by atoms with E-state index in [0.29, 0.717) is 0 Å². The highest BCUT2D eigenvalue weighted by atomic mass is 15.1. The van der Waals surface area contributed by atoms with E-state index in [2.05, 4.69) is 84.2 Å². The molecule has 3 aromatic rings. The fraction of sp³-hybridized carbons (Fsp3) is 0.238. The van der Waals surface area contributed by atoms with Gasteiger partial charge in [-0.25, -0.2) is 0 Å². The fourth-order valence-electron chi connectivity index (χ4n) is 2.97. The molecule has 1 N–H and O–H groups in total. The number of allylic oxidation sites excluding steroid dienone is 1. The Kier molecular flexibility index (Phi) is 4.82. The Morgan fingerprint density at radius 3 is 2.57 bits per heavy atom. The third-order valence-electron chi connectivity index (χ3n) is 4.40. The first-order chi connectivity index (χ1) is 11.3. The second-order valence-corrected chi connectivity index (χ2v) is 5.94. The minimum absolute atomic E-state index is 0.926. The normalized spacial score (nSPS) is 10.8. The summed E-state index contributed by atoms with van der Waals surface area (Å²) in [6.45, 7) is 8.34. The first kappa shape index (κ1) is 15.4. The molecule has 2 heteroatoms. The van der Waals surface area contributed by atoms with Gasteiger partial charge >= 0.3 is 0 Å². The molecule has 1 heterocycles. The van der Waals surface area contributed by atoms with Crippen LogP contribution in [0.1, 0.15) is 24.5 Å². The molecule has 0 atom stereocenters. The Hall–Kier alpha value is -2.48. The summed E-state index contributed by atoms with van der Waals surface area (Å²) in [6, 6.07) is 19.1. The van der Waals surface area contributed by atoms with Crippen LogP contribution in [0, 0.1) is 0 Å². The second-order valence-electron chi connectivity index (χ2n) is 5.94. The Bertz CT molecular complexity index is 771. The highest BCUT2D eigenvalue weighted by Crippen LogP contribution is 2.20. The van der Waals surface area contributed by atoms with Crippen molar-refractivity contribution in [1.29, 1.82) is 0 Å². The van der Waals surface area contributed by atoms with E-state index >= 15 is 0 Å². The standard InChI is InChI=1S/C21H24N2/c1-3-17(2)23(16-18-9-5-4-6-10-18)14-13-19-15-22-21-12-8-7-11-20(19)21/h4-12,15,22H,2-3,13-14,16H2,1H3. The predicted octanol–water partition coefficient (Wildman–Crippen LogP) is 5.14. The van der Waals surface area contributed by atoms with Crippen LogP contribution in [0.4, 0.5) is 0 Å². The van der Waals surface area contributed by atoms with Crippen molar-refractivity contribution in [1.82, 2.24) is 9.88 Å². The average molecular weight is 304 g/mol. The summed E-state index contributed by atoms with van der Waals surface area (Å²) in [6.07, 6.45) is 4.15. The van der Waals surface area contributed by atoms with Gasteiger partial charge in [-0.1, -0.05) is 62.0 Å². The molecule has 1 aromatic heterocycles. The quantitative estimate of drug-likeness (QED) is 0.640. The van der Waals surface area contributed by atoms with Crippen LogP contribution in [0.2, 0.25) is 0 Å². The Labute approximate surface area is 138 Å². The Balaban J connectivity index is 1.72. The van der Waals surface area contributed by atoms with Gasteiger partial charge < -0.3 is 9.88 Å². The largest absolute Gasteiger partial charge is 0.371 e. The predicted molar refractivity (Wildman–Crippen MR) is 98.3 cm³/mol. The molecule has 2 aromatic carbocycles. The summed E-state index contributed by atoms with van der Waals surface area (Å²) < 4.78 is 0. The van der Waals surface area contributed by atoms with E-state index in [0.717, 1.165) is 25.9 Å². The van der Waals surface area contributed by atoms with Crippen molar-refractivity contribution < 1.29 is 0 Å². The summed E-state index contributed by atoms with van der Waals surface area (Å²) in [4.78, 5) is 5.76. The van der Waals surface area contributed by atoms with Gasteiger partial charge in [0.05, 0.1) is 0 Å². The highest BCUT2D eigenvalue weighted by molar-refractivity contribution is 5.83. The van der Waals surface area contributed by atoms with Crippen LogP contribution in [-0.2, 0) is 13.0 Å². The molecule has 0 aliphatic heterocycles. The summed E-state index contributed by atoms with van der Waals surface area (Å²) in [7, 11) is 0. The van der Waals surface area contributed by atoms with Gasteiger partial charge in [0, 0.05) is 35.9 Å². The van der Waals surface area contributed by atoms with Crippen LogP contribution in [0.15, 0.2) is 73.1 Å². The van der Waals surface area contributed by atoms with Crippen molar-refractivity contribution >= 4 is 10.9 Å². The van der Waals surface area contributed by atoms with Crippen molar-refractivity contribution in [3.63, 3.8) is 0 Å². The number of fused-ring (bicyclic) bond motifs is 1. The average Bonchev–Trinajstić information content (AvgIpc) is 3.02. The highest BCUT2D eigenvalue weighted by Gasteiger charge is 2.09. The van der Waals surface area contributed by atoms with Crippen molar-refractivity contribution in [2.45, 2.75) is 26.3 Å². The number of aromatic nitrogens is 1. The lowest BCUT2D eigenvalue weighted by molar-refractivity contribution is 0.333.